The van der Waals surface area contributed by atoms with Gasteiger partial charge in [0.1, 0.15) is 11.9 Å². The van der Waals surface area contributed by atoms with E-state index in [9.17, 15) is 5.11 Å². The molecule has 2 rings (SSSR count). The van der Waals surface area contributed by atoms with Crippen molar-refractivity contribution in [2.24, 2.45) is 5.73 Å². The average molecular weight is 261 g/mol. The molecular formula is C15H19NO3. The lowest BCUT2D eigenvalue weighted by molar-refractivity contribution is 0.0615. The van der Waals surface area contributed by atoms with E-state index >= 15 is 0 Å². The van der Waals surface area contributed by atoms with Gasteiger partial charge >= 0.3 is 0 Å². The minimum Gasteiger partial charge on any atom is -0.486 e. The Morgan fingerprint density at radius 2 is 1.89 bits per heavy atom. The minimum absolute atomic E-state index is 0.145. The first-order valence-corrected chi connectivity index (χ1v) is 6.26. The lowest BCUT2D eigenvalue weighted by Gasteiger charge is -2.23. The highest BCUT2D eigenvalue weighted by molar-refractivity contribution is 5.88. The summed E-state index contributed by atoms with van der Waals surface area (Å²) in [6.45, 7) is 0.198. The van der Waals surface area contributed by atoms with Gasteiger partial charge in [-0.2, -0.15) is 0 Å². The zero-order chi connectivity index (χ0) is 13.7. The van der Waals surface area contributed by atoms with E-state index in [0.29, 0.717) is 6.61 Å². The van der Waals surface area contributed by atoms with Crippen molar-refractivity contribution in [1.82, 2.24) is 0 Å². The molecule has 0 amide bonds. The van der Waals surface area contributed by atoms with Crippen LogP contribution in [0, 0.1) is 0 Å². The summed E-state index contributed by atoms with van der Waals surface area (Å²) in [6, 6.07) is 13.4. The molecule has 0 saturated heterocycles. The summed E-state index contributed by atoms with van der Waals surface area (Å²) in [6.07, 6.45) is -0.481. The number of fused-ring (bicyclic) bond motifs is 1. The molecule has 0 spiro atoms. The fourth-order valence-electron chi connectivity index (χ4n) is 2.02. The third-order valence-corrected chi connectivity index (χ3v) is 3.04. The first-order valence-electron chi connectivity index (χ1n) is 6.26. The highest BCUT2D eigenvalue weighted by Gasteiger charge is 2.19. The van der Waals surface area contributed by atoms with E-state index in [1.54, 1.807) is 7.11 Å². The second-order valence-corrected chi connectivity index (χ2v) is 4.44. The Labute approximate surface area is 112 Å². The highest BCUT2D eigenvalue weighted by Crippen LogP contribution is 2.26. The van der Waals surface area contributed by atoms with Gasteiger partial charge in [0.15, 0.2) is 0 Å². The zero-order valence-corrected chi connectivity index (χ0v) is 11.0. The van der Waals surface area contributed by atoms with E-state index in [1.165, 1.54) is 0 Å². The smallest absolute Gasteiger partial charge is 0.139 e. The second-order valence-electron chi connectivity index (χ2n) is 4.44. The molecule has 2 unspecified atom stereocenters. The fourth-order valence-corrected chi connectivity index (χ4v) is 2.02. The first kappa shape index (κ1) is 13.8. The Balaban J connectivity index is 2.24. The summed E-state index contributed by atoms with van der Waals surface area (Å²) < 4.78 is 10.8. The summed E-state index contributed by atoms with van der Waals surface area (Å²) in [5.74, 6) is 0.726. The monoisotopic (exact) mass is 261 g/mol. The van der Waals surface area contributed by atoms with Crippen LogP contribution in [0.15, 0.2) is 42.5 Å². The molecule has 4 nitrogen and oxygen atoms in total. The van der Waals surface area contributed by atoms with Crippen LogP contribution in [0.1, 0.15) is 0 Å². The number of hydrogen-bond donors (Lipinski definition) is 2. The Bertz CT molecular complexity index is 524. The Morgan fingerprint density at radius 1 is 1.16 bits per heavy atom. The molecule has 4 heteroatoms. The van der Waals surface area contributed by atoms with E-state index in [1.807, 2.05) is 42.5 Å². The van der Waals surface area contributed by atoms with Gasteiger partial charge in [0, 0.05) is 12.5 Å². The van der Waals surface area contributed by atoms with E-state index in [0.717, 1.165) is 16.5 Å². The molecule has 0 heterocycles. The van der Waals surface area contributed by atoms with E-state index in [-0.39, 0.29) is 12.6 Å². The van der Waals surface area contributed by atoms with Gasteiger partial charge < -0.3 is 20.3 Å². The van der Waals surface area contributed by atoms with Gasteiger partial charge in [0.25, 0.3) is 0 Å². The van der Waals surface area contributed by atoms with Gasteiger partial charge in [0.2, 0.25) is 0 Å². The summed E-state index contributed by atoms with van der Waals surface area (Å²) in [5.41, 5.74) is 5.92. The fraction of sp³-hybridized carbons (Fsp3) is 0.333. The molecule has 0 fully saturated rings. The molecular weight excluding hydrogens is 242 g/mol. The predicted molar refractivity (Wildman–Crippen MR) is 75.3 cm³/mol. The van der Waals surface area contributed by atoms with Crippen molar-refractivity contribution in [1.29, 1.82) is 0 Å². The van der Waals surface area contributed by atoms with Crippen molar-refractivity contribution < 1.29 is 14.6 Å². The number of benzene rings is 2. The van der Waals surface area contributed by atoms with Crippen molar-refractivity contribution in [3.8, 4) is 5.75 Å². The van der Waals surface area contributed by atoms with Crippen LogP contribution in [0.25, 0.3) is 10.8 Å². The van der Waals surface area contributed by atoms with Gasteiger partial charge in [-0.15, -0.1) is 0 Å². The van der Waals surface area contributed by atoms with Crippen LogP contribution in [0.4, 0.5) is 0 Å². The molecule has 0 radical (unpaired) electrons. The van der Waals surface area contributed by atoms with Gasteiger partial charge in [0.05, 0.1) is 19.3 Å². The van der Waals surface area contributed by atoms with Crippen LogP contribution < -0.4 is 10.5 Å². The SMILES string of the molecule is COCC(N)C(CO)Oc1cccc2ccccc12. The average Bonchev–Trinajstić information content (AvgIpc) is 2.45. The molecule has 0 aliphatic rings. The minimum atomic E-state index is -0.481. The lowest BCUT2D eigenvalue weighted by Crippen LogP contribution is -2.44. The molecule has 0 bridgehead atoms. The van der Waals surface area contributed by atoms with Crippen molar-refractivity contribution in [3.05, 3.63) is 42.5 Å². The predicted octanol–water partition coefficient (Wildman–Crippen LogP) is 1.55. The number of nitrogens with two attached hydrogens (primary N) is 1. The molecule has 0 aliphatic carbocycles. The maximum atomic E-state index is 9.40. The van der Waals surface area contributed by atoms with Gasteiger partial charge in [-0.3, -0.25) is 0 Å². The zero-order valence-electron chi connectivity index (χ0n) is 11.0. The Morgan fingerprint density at radius 3 is 2.63 bits per heavy atom. The van der Waals surface area contributed by atoms with Crippen LogP contribution in [0.5, 0.6) is 5.75 Å². The number of rotatable bonds is 6. The van der Waals surface area contributed by atoms with Crippen LogP contribution in [0.3, 0.4) is 0 Å². The normalized spacial score (nSPS) is 14.3. The number of hydrogen-bond acceptors (Lipinski definition) is 4. The quantitative estimate of drug-likeness (QED) is 0.828. The number of aliphatic hydroxyl groups excluding tert-OH is 1. The maximum Gasteiger partial charge on any atom is 0.139 e. The molecule has 0 aromatic heterocycles. The van der Waals surface area contributed by atoms with Crippen LogP contribution in [-0.4, -0.2) is 37.6 Å². The summed E-state index contributed by atoms with van der Waals surface area (Å²) in [5, 5.41) is 11.5. The third-order valence-electron chi connectivity index (χ3n) is 3.04. The topological polar surface area (TPSA) is 64.7 Å². The maximum absolute atomic E-state index is 9.40. The van der Waals surface area contributed by atoms with Crippen molar-refractivity contribution >= 4 is 10.8 Å². The molecule has 3 N–H and O–H groups in total. The molecule has 0 saturated carbocycles. The molecule has 2 atom stereocenters. The van der Waals surface area contributed by atoms with Gasteiger partial charge in [-0.05, 0) is 11.5 Å². The highest BCUT2D eigenvalue weighted by atomic mass is 16.5. The first-order chi connectivity index (χ1) is 9.26. The standard InChI is InChI=1S/C15H19NO3/c1-18-10-13(16)15(9-17)19-14-8-4-6-11-5-2-3-7-12(11)14/h2-8,13,15,17H,9-10,16H2,1H3. The second kappa shape index (κ2) is 6.52. The Hall–Kier alpha value is -1.62. The number of methoxy groups -OCH3 is 1. The van der Waals surface area contributed by atoms with Crippen molar-refractivity contribution in [3.63, 3.8) is 0 Å². The van der Waals surface area contributed by atoms with Crippen LogP contribution in [0.2, 0.25) is 0 Å². The summed E-state index contributed by atoms with van der Waals surface area (Å²) in [4.78, 5) is 0. The number of aliphatic hydroxyl groups is 1. The van der Waals surface area contributed by atoms with Crippen LogP contribution in [-0.2, 0) is 4.74 Å². The molecule has 19 heavy (non-hydrogen) atoms. The largest absolute Gasteiger partial charge is 0.486 e. The lowest BCUT2D eigenvalue weighted by atomic mass is 10.1. The molecule has 0 aliphatic heterocycles. The third kappa shape index (κ3) is 3.23. The Kier molecular flexibility index (Phi) is 4.74. The molecule has 2 aromatic rings. The van der Waals surface area contributed by atoms with Gasteiger partial charge in [-0.25, -0.2) is 0 Å². The number of ether oxygens (including phenoxy) is 2. The van der Waals surface area contributed by atoms with Crippen molar-refractivity contribution in [2.75, 3.05) is 20.3 Å². The summed E-state index contributed by atoms with van der Waals surface area (Å²) in [7, 11) is 1.58. The van der Waals surface area contributed by atoms with Crippen molar-refractivity contribution in [2.45, 2.75) is 12.1 Å². The van der Waals surface area contributed by atoms with Crippen LogP contribution >= 0.6 is 0 Å². The molecule has 2 aromatic carbocycles. The molecule has 102 valence electrons. The van der Waals surface area contributed by atoms with E-state index in [4.69, 9.17) is 15.2 Å². The van der Waals surface area contributed by atoms with Gasteiger partial charge in [-0.1, -0.05) is 36.4 Å². The van der Waals surface area contributed by atoms with E-state index < -0.39 is 6.10 Å². The van der Waals surface area contributed by atoms with E-state index in [2.05, 4.69) is 0 Å². The summed E-state index contributed by atoms with van der Waals surface area (Å²) >= 11 is 0.